The highest BCUT2D eigenvalue weighted by Gasteiger charge is 2.15. The molecule has 0 radical (unpaired) electrons. The molecule has 0 aliphatic heterocycles. The number of carbonyl (C=O) groups is 1. The Kier molecular flexibility index (Phi) is 7.04. The van der Waals surface area contributed by atoms with E-state index < -0.39 is 0 Å². The molecule has 0 heterocycles. The molecule has 0 aliphatic carbocycles. The monoisotopic (exact) mass is 280 g/mol. The highest BCUT2D eigenvalue weighted by molar-refractivity contribution is 5.77. The average molecular weight is 280 g/mol. The molecule has 1 N–H and O–H groups in total. The van der Waals surface area contributed by atoms with E-state index in [2.05, 4.69) is 10.2 Å². The van der Waals surface area contributed by atoms with Crippen LogP contribution in [0.25, 0.3) is 0 Å². The molecule has 112 valence electrons. The van der Waals surface area contributed by atoms with Crippen molar-refractivity contribution in [2.75, 3.05) is 41.0 Å². The maximum Gasteiger partial charge on any atom is 0.246 e. The van der Waals surface area contributed by atoms with Crippen molar-refractivity contribution in [1.29, 1.82) is 0 Å². The molecule has 0 bridgehead atoms. The summed E-state index contributed by atoms with van der Waals surface area (Å²) in [6.07, 6.45) is 0. The molecule has 0 fully saturated rings. The van der Waals surface area contributed by atoms with Gasteiger partial charge in [-0.1, -0.05) is 12.1 Å². The summed E-state index contributed by atoms with van der Waals surface area (Å²) in [5.74, 6) is 0.719. The number of benzene rings is 1. The number of nitrogens with zero attached hydrogens (tertiary/aromatic N) is 1. The normalized spacial score (nSPS) is 12.2. The number of methoxy groups -OCH3 is 1. The topological polar surface area (TPSA) is 50.8 Å². The third-order valence-corrected chi connectivity index (χ3v) is 3.03. The first kappa shape index (κ1) is 16.5. The zero-order chi connectivity index (χ0) is 15.0. The van der Waals surface area contributed by atoms with Crippen molar-refractivity contribution in [1.82, 2.24) is 10.2 Å². The summed E-state index contributed by atoms with van der Waals surface area (Å²) in [7, 11) is 5.62. The Morgan fingerprint density at radius 1 is 1.40 bits per heavy atom. The molecule has 1 atom stereocenters. The summed E-state index contributed by atoms with van der Waals surface area (Å²) in [4.78, 5) is 13.7. The molecule has 0 aromatic heterocycles. The molecule has 1 aromatic carbocycles. The number of hydrogen-bond donors (Lipinski definition) is 1. The van der Waals surface area contributed by atoms with Gasteiger partial charge in [0.2, 0.25) is 5.91 Å². The van der Waals surface area contributed by atoms with E-state index in [1.54, 1.807) is 7.11 Å². The Balaban J connectivity index is 2.66. The quantitative estimate of drug-likeness (QED) is 0.783. The van der Waals surface area contributed by atoms with Gasteiger partial charge in [-0.15, -0.1) is 0 Å². The summed E-state index contributed by atoms with van der Waals surface area (Å²) >= 11 is 0. The van der Waals surface area contributed by atoms with Crippen molar-refractivity contribution in [3.63, 3.8) is 0 Å². The molecule has 0 spiro atoms. The van der Waals surface area contributed by atoms with E-state index in [4.69, 9.17) is 9.47 Å². The molecule has 20 heavy (non-hydrogen) atoms. The maximum absolute atomic E-state index is 11.6. The minimum Gasteiger partial charge on any atom is -0.497 e. The lowest BCUT2D eigenvalue weighted by Crippen LogP contribution is -2.36. The largest absolute Gasteiger partial charge is 0.497 e. The van der Waals surface area contributed by atoms with Crippen LogP contribution in [-0.2, 0) is 9.53 Å². The fourth-order valence-electron chi connectivity index (χ4n) is 1.90. The van der Waals surface area contributed by atoms with Gasteiger partial charge in [0, 0.05) is 13.2 Å². The predicted molar refractivity (Wildman–Crippen MR) is 78.9 cm³/mol. The zero-order valence-electron chi connectivity index (χ0n) is 12.7. The lowest BCUT2D eigenvalue weighted by atomic mass is 10.1. The van der Waals surface area contributed by atoms with Crippen LogP contribution in [0.4, 0.5) is 0 Å². The number of ether oxygens (including phenoxy) is 2. The van der Waals surface area contributed by atoms with Gasteiger partial charge in [0.05, 0.1) is 13.2 Å². The summed E-state index contributed by atoms with van der Waals surface area (Å²) in [5.41, 5.74) is 1.10. The van der Waals surface area contributed by atoms with Gasteiger partial charge in [0.25, 0.3) is 0 Å². The molecule has 1 amide bonds. The van der Waals surface area contributed by atoms with E-state index in [1.165, 1.54) is 0 Å². The first-order valence-corrected chi connectivity index (χ1v) is 6.73. The number of nitrogens with one attached hydrogen (secondary N) is 1. The fourth-order valence-corrected chi connectivity index (χ4v) is 1.90. The zero-order valence-corrected chi connectivity index (χ0v) is 12.7. The SMILES string of the molecule is CCOCC(=O)NCC(c1cccc(OC)c1)N(C)C. The molecule has 0 saturated heterocycles. The predicted octanol–water partition coefficient (Wildman–Crippen LogP) is 1.45. The summed E-state index contributed by atoms with van der Waals surface area (Å²) in [6.45, 7) is 3.05. The van der Waals surface area contributed by atoms with E-state index in [0.717, 1.165) is 11.3 Å². The average Bonchev–Trinajstić information content (AvgIpc) is 2.45. The minimum absolute atomic E-state index is 0.0932. The van der Waals surface area contributed by atoms with E-state index in [-0.39, 0.29) is 18.6 Å². The Bertz CT molecular complexity index is 421. The second-order valence-corrected chi connectivity index (χ2v) is 4.70. The van der Waals surface area contributed by atoms with Crippen LogP contribution in [0.1, 0.15) is 18.5 Å². The lowest BCUT2D eigenvalue weighted by molar-refractivity contribution is -0.125. The number of carbonyl (C=O) groups excluding carboxylic acids is 1. The summed E-state index contributed by atoms with van der Waals surface area (Å²) < 4.78 is 10.3. The Hall–Kier alpha value is -1.59. The molecule has 0 aliphatic rings. The Labute approximate surface area is 120 Å². The number of rotatable bonds is 8. The van der Waals surface area contributed by atoms with Gasteiger partial charge < -0.3 is 19.7 Å². The molecular weight excluding hydrogens is 256 g/mol. The van der Waals surface area contributed by atoms with Gasteiger partial charge in [0.1, 0.15) is 12.4 Å². The van der Waals surface area contributed by atoms with Crippen molar-refractivity contribution in [3.8, 4) is 5.75 Å². The van der Waals surface area contributed by atoms with Gasteiger partial charge in [-0.3, -0.25) is 4.79 Å². The summed E-state index contributed by atoms with van der Waals surface area (Å²) in [6, 6.07) is 7.97. The van der Waals surface area contributed by atoms with Gasteiger partial charge >= 0.3 is 0 Å². The molecule has 5 heteroatoms. The van der Waals surface area contributed by atoms with Gasteiger partial charge in [-0.25, -0.2) is 0 Å². The van der Waals surface area contributed by atoms with Crippen molar-refractivity contribution in [2.45, 2.75) is 13.0 Å². The summed E-state index contributed by atoms with van der Waals surface area (Å²) in [5, 5.41) is 2.89. The fraction of sp³-hybridized carbons (Fsp3) is 0.533. The van der Waals surface area contributed by atoms with Crippen LogP contribution in [-0.4, -0.2) is 51.8 Å². The molecule has 0 saturated carbocycles. The van der Waals surface area contributed by atoms with Crippen LogP contribution in [0.3, 0.4) is 0 Å². The van der Waals surface area contributed by atoms with Crippen LogP contribution in [0.2, 0.25) is 0 Å². The van der Waals surface area contributed by atoms with E-state index in [9.17, 15) is 4.79 Å². The molecule has 1 rings (SSSR count). The number of likely N-dealkylation sites (N-methyl/N-ethyl adjacent to an activating group) is 1. The second-order valence-electron chi connectivity index (χ2n) is 4.70. The highest BCUT2D eigenvalue weighted by atomic mass is 16.5. The third-order valence-electron chi connectivity index (χ3n) is 3.03. The van der Waals surface area contributed by atoms with Crippen molar-refractivity contribution < 1.29 is 14.3 Å². The van der Waals surface area contributed by atoms with E-state index in [1.807, 2.05) is 45.3 Å². The highest BCUT2D eigenvalue weighted by Crippen LogP contribution is 2.21. The molecule has 1 unspecified atom stereocenters. The first-order chi connectivity index (χ1) is 9.58. The van der Waals surface area contributed by atoms with Crippen LogP contribution in [0.5, 0.6) is 5.75 Å². The van der Waals surface area contributed by atoms with Gasteiger partial charge in [0.15, 0.2) is 0 Å². The number of hydrogen-bond acceptors (Lipinski definition) is 4. The van der Waals surface area contributed by atoms with Crippen LogP contribution in [0, 0.1) is 0 Å². The smallest absolute Gasteiger partial charge is 0.246 e. The van der Waals surface area contributed by atoms with Crippen molar-refractivity contribution in [2.24, 2.45) is 0 Å². The first-order valence-electron chi connectivity index (χ1n) is 6.73. The van der Waals surface area contributed by atoms with E-state index in [0.29, 0.717) is 13.2 Å². The molecular formula is C15H24N2O3. The number of amides is 1. The second kappa shape index (κ2) is 8.55. The van der Waals surface area contributed by atoms with Crippen LogP contribution < -0.4 is 10.1 Å². The van der Waals surface area contributed by atoms with Crippen molar-refractivity contribution in [3.05, 3.63) is 29.8 Å². The standard InChI is InChI=1S/C15H24N2O3/c1-5-20-11-15(18)16-10-14(17(2)3)12-7-6-8-13(9-12)19-4/h6-9,14H,5,10-11H2,1-4H3,(H,16,18). The Morgan fingerprint density at radius 3 is 2.75 bits per heavy atom. The maximum atomic E-state index is 11.6. The van der Waals surface area contributed by atoms with Gasteiger partial charge in [-0.2, -0.15) is 0 Å². The third kappa shape index (κ3) is 5.19. The molecule has 1 aromatic rings. The lowest BCUT2D eigenvalue weighted by Gasteiger charge is -2.25. The minimum atomic E-state index is -0.0957. The Morgan fingerprint density at radius 2 is 2.15 bits per heavy atom. The van der Waals surface area contributed by atoms with Crippen molar-refractivity contribution >= 4 is 5.91 Å². The molecule has 5 nitrogen and oxygen atoms in total. The van der Waals surface area contributed by atoms with E-state index >= 15 is 0 Å². The van der Waals surface area contributed by atoms with Crippen LogP contribution >= 0.6 is 0 Å². The van der Waals surface area contributed by atoms with Gasteiger partial charge in [-0.05, 0) is 38.7 Å². The van der Waals surface area contributed by atoms with Crippen LogP contribution in [0.15, 0.2) is 24.3 Å².